The zero-order valence-corrected chi connectivity index (χ0v) is 21.2. The molecule has 6 rings (SSSR count). The smallest absolute Gasteiger partial charge is 0.283 e. The molecule has 2 aromatic heterocycles. The van der Waals surface area contributed by atoms with Crippen molar-refractivity contribution in [3.05, 3.63) is 71.7 Å². The van der Waals surface area contributed by atoms with Gasteiger partial charge in [0.1, 0.15) is 0 Å². The second kappa shape index (κ2) is 8.92. The van der Waals surface area contributed by atoms with Crippen LogP contribution in [0.25, 0.3) is 22.2 Å². The van der Waals surface area contributed by atoms with Gasteiger partial charge in [0.15, 0.2) is 5.03 Å². The van der Waals surface area contributed by atoms with Gasteiger partial charge in [-0.15, -0.1) is 0 Å². The molecule has 1 aliphatic carbocycles. The van der Waals surface area contributed by atoms with Gasteiger partial charge in [0.05, 0.1) is 12.0 Å². The zero-order chi connectivity index (χ0) is 24.9. The van der Waals surface area contributed by atoms with E-state index >= 15 is 0 Å². The van der Waals surface area contributed by atoms with Crippen molar-refractivity contribution in [2.75, 3.05) is 0 Å². The molecule has 1 aliphatic heterocycles. The van der Waals surface area contributed by atoms with Gasteiger partial charge in [-0.3, -0.25) is 4.79 Å². The van der Waals surface area contributed by atoms with E-state index in [4.69, 9.17) is 0 Å². The third-order valence-corrected chi connectivity index (χ3v) is 8.88. The molecule has 1 amide bonds. The van der Waals surface area contributed by atoms with Crippen molar-refractivity contribution in [3.8, 4) is 11.3 Å². The predicted molar refractivity (Wildman–Crippen MR) is 139 cm³/mol. The summed E-state index contributed by atoms with van der Waals surface area (Å²) < 4.78 is 31.5. The molecule has 4 aromatic rings. The van der Waals surface area contributed by atoms with E-state index in [1.807, 2.05) is 12.1 Å². The number of imidazole rings is 1. The van der Waals surface area contributed by atoms with E-state index in [2.05, 4.69) is 38.5 Å². The fraction of sp³-hybridized carbons (Fsp3) is 0.357. The number of nitrogens with one attached hydrogen (secondary N) is 1. The second-order valence-corrected chi connectivity index (χ2v) is 11.7. The van der Waals surface area contributed by atoms with Gasteiger partial charge >= 0.3 is 0 Å². The summed E-state index contributed by atoms with van der Waals surface area (Å²) in [5.41, 5.74) is 6.67. The Morgan fingerprint density at radius 2 is 1.86 bits per heavy atom. The van der Waals surface area contributed by atoms with E-state index in [0.717, 1.165) is 24.9 Å². The molecule has 8 heteroatoms. The van der Waals surface area contributed by atoms with Crippen molar-refractivity contribution >= 4 is 26.8 Å². The maximum Gasteiger partial charge on any atom is 0.283 e. The molecule has 1 saturated carbocycles. The lowest BCUT2D eigenvalue weighted by molar-refractivity contribution is 0.0981. The van der Waals surface area contributed by atoms with Crippen molar-refractivity contribution in [2.45, 2.75) is 62.4 Å². The molecule has 2 aliphatic rings. The highest BCUT2D eigenvalue weighted by molar-refractivity contribution is 7.90. The van der Waals surface area contributed by atoms with Crippen LogP contribution in [-0.4, -0.2) is 28.4 Å². The molecule has 0 bridgehead atoms. The lowest BCUT2D eigenvalue weighted by atomic mass is 9.81. The van der Waals surface area contributed by atoms with Crippen LogP contribution in [0, 0.1) is 0 Å². The van der Waals surface area contributed by atoms with Crippen molar-refractivity contribution in [1.29, 1.82) is 0 Å². The number of amides is 1. The average molecular weight is 503 g/mol. The van der Waals surface area contributed by atoms with Gasteiger partial charge in [-0.25, -0.2) is 9.71 Å². The van der Waals surface area contributed by atoms with Crippen LogP contribution >= 0.6 is 0 Å². The van der Waals surface area contributed by atoms with Crippen molar-refractivity contribution < 1.29 is 13.2 Å². The fourth-order valence-electron chi connectivity index (χ4n) is 6.00. The number of aryl methyl sites for hydroxylation is 3. The van der Waals surface area contributed by atoms with Gasteiger partial charge in [0.25, 0.3) is 15.9 Å². The number of fused-ring (bicyclic) bond motifs is 5. The molecule has 0 radical (unpaired) electrons. The summed E-state index contributed by atoms with van der Waals surface area (Å²) in [6.45, 7) is 0.866. The zero-order valence-electron chi connectivity index (χ0n) is 20.4. The number of hydrogen-bond donors (Lipinski definition) is 1. The molecule has 0 saturated heterocycles. The Kier molecular flexibility index (Phi) is 5.71. The Balaban J connectivity index is 1.47. The Morgan fingerprint density at radius 1 is 1.06 bits per heavy atom. The summed E-state index contributed by atoms with van der Waals surface area (Å²) in [4.78, 5) is 17.0. The number of rotatable bonds is 4. The average Bonchev–Trinajstić information content (AvgIpc) is 3.40. The van der Waals surface area contributed by atoms with Crippen LogP contribution in [0.1, 0.15) is 65.9 Å². The minimum Gasteiger partial charge on any atom is -0.340 e. The Morgan fingerprint density at radius 3 is 2.64 bits per heavy atom. The predicted octanol–water partition coefficient (Wildman–Crippen LogP) is 5.15. The first-order valence-electron chi connectivity index (χ1n) is 12.7. The van der Waals surface area contributed by atoms with Gasteiger partial charge < -0.3 is 9.13 Å². The van der Waals surface area contributed by atoms with Gasteiger partial charge in [0.2, 0.25) is 0 Å². The van der Waals surface area contributed by atoms with Crippen molar-refractivity contribution in [3.63, 3.8) is 0 Å². The van der Waals surface area contributed by atoms with E-state index < -0.39 is 15.9 Å². The highest BCUT2D eigenvalue weighted by atomic mass is 32.2. The van der Waals surface area contributed by atoms with Gasteiger partial charge in [0, 0.05) is 41.8 Å². The van der Waals surface area contributed by atoms with Crippen molar-refractivity contribution in [1.82, 2.24) is 18.8 Å². The van der Waals surface area contributed by atoms with Crippen LogP contribution in [0.3, 0.4) is 0 Å². The highest BCUT2D eigenvalue weighted by Gasteiger charge is 2.29. The van der Waals surface area contributed by atoms with Crippen LogP contribution in [0.15, 0.2) is 60.0 Å². The molecule has 0 spiro atoms. The molecule has 1 fully saturated rings. The maximum absolute atomic E-state index is 13.1. The van der Waals surface area contributed by atoms with Crippen molar-refractivity contribution in [2.24, 2.45) is 7.05 Å². The minimum atomic E-state index is -4.05. The summed E-state index contributed by atoms with van der Waals surface area (Å²) in [5.74, 6) is -0.154. The monoisotopic (exact) mass is 502 g/mol. The Bertz CT molecular complexity index is 1580. The Hall–Kier alpha value is -3.39. The summed E-state index contributed by atoms with van der Waals surface area (Å²) in [6.07, 6.45) is 10.9. The SMILES string of the molecule is Cn1cnc(S(=O)(=O)NC(=O)c2ccc3c(C4CCCCC4)c4n(c3c2)CCCc2ccccc2-4)c1. The second-order valence-electron chi connectivity index (χ2n) is 10.1. The quantitative estimate of drug-likeness (QED) is 0.418. The molecule has 2 aromatic carbocycles. The largest absolute Gasteiger partial charge is 0.340 e. The van der Waals surface area contributed by atoms with E-state index in [-0.39, 0.29) is 5.03 Å². The summed E-state index contributed by atoms with van der Waals surface area (Å²) in [7, 11) is -2.37. The minimum absolute atomic E-state index is 0.174. The molecule has 3 heterocycles. The van der Waals surface area contributed by atoms with E-state index in [9.17, 15) is 13.2 Å². The third-order valence-electron chi connectivity index (χ3n) is 7.66. The Labute approximate surface area is 211 Å². The number of carbonyl (C=O) groups is 1. The van der Waals surface area contributed by atoms with Crippen LogP contribution in [-0.2, 0) is 30.0 Å². The van der Waals surface area contributed by atoms with Crippen LogP contribution in [0.4, 0.5) is 0 Å². The molecular formula is C28H30N4O3S. The standard InChI is InChI=1S/C28H30N4O3S/c1-31-17-25(29-18-31)36(34,35)30-28(33)21-13-14-23-24(16-21)32-15-7-11-19-8-5-6-12-22(19)27(32)26(23)20-9-3-2-4-10-20/h5-6,8,12-14,16-18,20H,2-4,7,9-11,15H2,1H3,(H,30,33). The lowest BCUT2D eigenvalue weighted by Crippen LogP contribution is -2.30. The first-order chi connectivity index (χ1) is 17.4. The maximum atomic E-state index is 13.1. The first-order valence-corrected chi connectivity index (χ1v) is 14.2. The van der Waals surface area contributed by atoms with E-state index in [1.165, 1.54) is 77.0 Å². The van der Waals surface area contributed by atoms with Crippen LogP contribution in [0.2, 0.25) is 0 Å². The number of sulfonamides is 1. The summed E-state index contributed by atoms with van der Waals surface area (Å²) in [6, 6.07) is 14.3. The van der Waals surface area contributed by atoms with Gasteiger partial charge in [-0.1, -0.05) is 49.6 Å². The molecule has 36 heavy (non-hydrogen) atoms. The topological polar surface area (TPSA) is 86.0 Å². The number of nitrogens with zero attached hydrogens (tertiary/aromatic N) is 3. The van der Waals surface area contributed by atoms with Crippen LogP contribution < -0.4 is 4.72 Å². The van der Waals surface area contributed by atoms with Gasteiger partial charge in [-0.05, 0) is 54.9 Å². The third kappa shape index (κ3) is 3.93. The van der Waals surface area contributed by atoms with Gasteiger partial charge in [-0.2, -0.15) is 8.42 Å². The van der Waals surface area contributed by atoms with E-state index in [0.29, 0.717) is 11.5 Å². The first kappa shape index (κ1) is 23.0. The number of aromatic nitrogens is 3. The van der Waals surface area contributed by atoms with Crippen LogP contribution in [0.5, 0.6) is 0 Å². The molecular weight excluding hydrogens is 472 g/mol. The normalized spacial score (nSPS) is 16.4. The molecule has 7 nitrogen and oxygen atoms in total. The molecule has 1 N–H and O–H groups in total. The number of carbonyl (C=O) groups excluding carboxylic acids is 1. The fourth-order valence-corrected chi connectivity index (χ4v) is 6.96. The molecule has 0 atom stereocenters. The number of benzene rings is 2. The number of hydrogen-bond acceptors (Lipinski definition) is 4. The highest BCUT2D eigenvalue weighted by Crippen LogP contribution is 2.46. The van der Waals surface area contributed by atoms with E-state index in [1.54, 1.807) is 13.1 Å². The lowest BCUT2D eigenvalue weighted by Gasteiger charge is -2.24. The summed E-state index contributed by atoms with van der Waals surface area (Å²) in [5, 5.41) is 1.00. The molecule has 186 valence electrons. The summed E-state index contributed by atoms with van der Waals surface area (Å²) >= 11 is 0. The molecule has 0 unspecified atom stereocenters.